The van der Waals surface area contributed by atoms with Gasteiger partial charge in [0.25, 0.3) is 0 Å². The normalized spacial score (nSPS) is 20.2. The molecule has 0 aliphatic carbocycles. The predicted octanol–water partition coefficient (Wildman–Crippen LogP) is 1.67. The number of benzene rings is 1. The number of nitrogens with one attached hydrogen (secondary N) is 1. The van der Waals surface area contributed by atoms with Crippen molar-refractivity contribution in [3.8, 4) is 5.75 Å². The number of carbonyl (C=O) groups is 2. The smallest absolute Gasteiger partial charge is 0.237 e. The van der Waals surface area contributed by atoms with Gasteiger partial charge in [-0.25, -0.2) is 0 Å². The maximum Gasteiger partial charge on any atom is 0.237 e. The van der Waals surface area contributed by atoms with Gasteiger partial charge in [-0.3, -0.25) is 9.59 Å². The molecule has 0 aromatic heterocycles. The van der Waals surface area contributed by atoms with Crippen LogP contribution in [0.2, 0.25) is 0 Å². The van der Waals surface area contributed by atoms with Gasteiger partial charge in [-0.2, -0.15) is 0 Å². The summed E-state index contributed by atoms with van der Waals surface area (Å²) in [4.78, 5) is 29.7. The molecule has 3 rings (SSSR count). The highest BCUT2D eigenvalue weighted by atomic mass is 16.5. The molecule has 2 saturated heterocycles. The minimum Gasteiger partial charge on any atom is -0.495 e. The maximum atomic E-state index is 13.0. The third-order valence-corrected chi connectivity index (χ3v) is 5.61. The summed E-state index contributed by atoms with van der Waals surface area (Å²) in [5.74, 6) is 0.466. The molecule has 0 bridgehead atoms. The number of ether oxygens (including phenoxy) is 2. The standard InChI is InChI=1S/C21H31N3O4/c1-21(2,19(25)22-15-16-7-6-14-28-16)20(26)24-12-10-23(11-13-24)17-8-4-5-9-18(17)27-3/h4-5,8-9,16H,6-7,10-15H2,1-3H3,(H,22,25). The van der Waals surface area contributed by atoms with Gasteiger partial charge in [-0.1, -0.05) is 12.1 Å². The van der Waals surface area contributed by atoms with Crippen LogP contribution in [0, 0.1) is 5.41 Å². The molecule has 1 N–H and O–H groups in total. The Hall–Kier alpha value is -2.28. The zero-order chi connectivity index (χ0) is 20.1. The molecule has 154 valence electrons. The summed E-state index contributed by atoms with van der Waals surface area (Å²) in [6.45, 7) is 7.20. The van der Waals surface area contributed by atoms with E-state index in [1.54, 1.807) is 25.9 Å². The average Bonchev–Trinajstić information content (AvgIpc) is 3.25. The number of carbonyl (C=O) groups excluding carboxylic acids is 2. The first-order chi connectivity index (χ1) is 13.4. The highest BCUT2D eigenvalue weighted by Gasteiger charge is 2.40. The van der Waals surface area contributed by atoms with Crippen molar-refractivity contribution < 1.29 is 19.1 Å². The van der Waals surface area contributed by atoms with Gasteiger partial charge in [-0.05, 0) is 38.8 Å². The molecule has 0 saturated carbocycles. The minimum absolute atomic E-state index is 0.0687. The number of rotatable bonds is 6. The largest absolute Gasteiger partial charge is 0.495 e. The van der Waals surface area contributed by atoms with Crippen molar-refractivity contribution in [1.29, 1.82) is 0 Å². The van der Waals surface area contributed by atoms with Crippen LogP contribution in [0.1, 0.15) is 26.7 Å². The van der Waals surface area contributed by atoms with Crippen LogP contribution in [-0.2, 0) is 14.3 Å². The van der Waals surface area contributed by atoms with Gasteiger partial charge in [-0.15, -0.1) is 0 Å². The summed E-state index contributed by atoms with van der Waals surface area (Å²) in [7, 11) is 1.66. The summed E-state index contributed by atoms with van der Waals surface area (Å²) in [5, 5.41) is 2.90. The number of hydrogen-bond donors (Lipinski definition) is 1. The Labute approximate surface area is 167 Å². The van der Waals surface area contributed by atoms with Crippen LogP contribution < -0.4 is 15.0 Å². The second kappa shape index (κ2) is 8.82. The molecular weight excluding hydrogens is 358 g/mol. The van der Waals surface area contributed by atoms with E-state index in [-0.39, 0.29) is 17.9 Å². The number of anilines is 1. The van der Waals surface area contributed by atoms with Gasteiger partial charge in [0.15, 0.2) is 0 Å². The van der Waals surface area contributed by atoms with E-state index < -0.39 is 5.41 Å². The number of para-hydroxylation sites is 2. The van der Waals surface area contributed by atoms with Crippen molar-refractivity contribution in [2.24, 2.45) is 5.41 Å². The molecule has 2 fully saturated rings. The molecule has 2 amide bonds. The summed E-state index contributed by atoms with van der Waals surface area (Å²) in [6.07, 6.45) is 2.05. The first kappa shape index (κ1) is 20.5. The summed E-state index contributed by atoms with van der Waals surface area (Å²) < 4.78 is 11.0. The Morgan fingerprint density at radius 2 is 1.93 bits per heavy atom. The fourth-order valence-electron chi connectivity index (χ4n) is 3.77. The molecule has 7 heteroatoms. The van der Waals surface area contributed by atoms with E-state index in [2.05, 4.69) is 10.2 Å². The highest BCUT2D eigenvalue weighted by Crippen LogP contribution is 2.29. The van der Waals surface area contributed by atoms with Crippen molar-refractivity contribution in [2.45, 2.75) is 32.8 Å². The van der Waals surface area contributed by atoms with Crippen LogP contribution in [-0.4, -0.2) is 69.3 Å². The van der Waals surface area contributed by atoms with E-state index in [0.717, 1.165) is 30.9 Å². The molecule has 2 aliphatic rings. The molecule has 1 aromatic rings. The fourth-order valence-corrected chi connectivity index (χ4v) is 3.77. The third kappa shape index (κ3) is 4.41. The van der Waals surface area contributed by atoms with Crippen LogP contribution in [0.5, 0.6) is 5.75 Å². The molecule has 0 radical (unpaired) electrons. The molecular formula is C21H31N3O4. The zero-order valence-corrected chi connectivity index (χ0v) is 17.1. The minimum atomic E-state index is -1.09. The SMILES string of the molecule is COc1ccccc1N1CCN(C(=O)C(C)(C)C(=O)NCC2CCCO2)CC1. The second-order valence-corrected chi connectivity index (χ2v) is 7.92. The van der Waals surface area contributed by atoms with Crippen LogP contribution >= 0.6 is 0 Å². The number of methoxy groups -OCH3 is 1. The zero-order valence-electron chi connectivity index (χ0n) is 17.1. The first-order valence-electron chi connectivity index (χ1n) is 10.0. The first-order valence-corrected chi connectivity index (χ1v) is 10.0. The van der Waals surface area contributed by atoms with E-state index in [4.69, 9.17) is 9.47 Å². The van der Waals surface area contributed by atoms with Crippen LogP contribution in [0.4, 0.5) is 5.69 Å². The van der Waals surface area contributed by atoms with Crippen molar-refractivity contribution >= 4 is 17.5 Å². The molecule has 1 atom stereocenters. The van der Waals surface area contributed by atoms with E-state index in [1.165, 1.54) is 0 Å². The number of piperazine rings is 1. The van der Waals surface area contributed by atoms with E-state index in [1.807, 2.05) is 24.3 Å². The Kier molecular flexibility index (Phi) is 6.44. The van der Waals surface area contributed by atoms with Crippen LogP contribution in [0.3, 0.4) is 0 Å². The van der Waals surface area contributed by atoms with Gasteiger partial charge >= 0.3 is 0 Å². The number of amides is 2. The lowest BCUT2D eigenvalue weighted by molar-refractivity contribution is -0.149. The predicted molar refractivity (Wildman–Crippen MR) is 108 cm³/mol. The van der Waals surface area contributed by atoms with Crippen LogP contribution in [0.15, 0.2) is 24.3 Å². The van der Waals surface area contributed by atoms with Gasteiger partial charge in [0.05, 0.1) is 18.9 Å². The highest BCUT2D eigenvalue weighted by molar-refractivity contribution is 6.04. The van der Waals surface area contributed by atoms with Crippen LogP contribution in [0.25, 0.3) is 0 Å². The number of hydrogen-bond acceptors (Lipinski definition) is 5. The lowest BCUT2D eigenvalue weighted by Crippen LogP contribution is -2.56. The molecule has 0 spiro atoms. The lowest BCUT2D eigenvalue weighted by atomic mass is 9.89. The average molecular weight is 389 g/mol. The van der Waals surface area contributed by atoms with Gasteiger partial charge < -0.3 is 24.6 Å². The molecule has 28 heavy (non-hydrogen) atoms. The summed E-state index contributed by atoms with van der Waals surface area (Å²) in [5.41, 5.74) is -0.0590. The Morgan fingerprint density at radius 1 is 1.21 bits per heavy atom. The van der Waals surface area contributed by atoms with Crippen molar-refractivity contribution in [3.05, 3.63) is 24.3 Å². The lowest BCUT2D eigenvalue weighted by Gasteiger charge is -2.39. The van der Waals surface area contributed by atoms with Crippen molar-refractivity contribution in [1.82, 2.24) is 10.2 Å². The topological polar surface area (TPSA) is 71.1 Å². The van der Waals surface area contributed by atoms with Gasteiger partial charge in [0, 0.05) is 39.3 Å². The monoisotopic (exact) mass is 389 g/mol. The third-order valence-electron chi connectivity index (χ3n) is 5.61. The molecule has 2 heterocycles. The fraction of sp³-hybridized carbons (Fsp3) is 0.619. The quantitative estimate of drug-likeness (QED) is 0.750. The van der Waals surface area contributed by atoms with Gasteiger partial charge in [0.1, 0.15) is 11.2 Å². The molecule has 2 aliphatic heterocycles. The molecule has 1 unspecified atom stereocenters. The summed E-state index contributed by atoms with van der Waals surface area (Å²) in [6, 6.07) is 7.89. The van der Waals surface area contributed by atoms with E-state index in [9.17, 15) is 9.59 Å². The maximum absolute atomic E-state index is 13.0. The Bertz CT molecular complexity index is 693. The summed E-state index contributed by atoms with van der Waals surface area (Å²) >= 11 is 0. The van der Waals surface area contributed by atoms with E-state index >= 15 is 0 Å². The number of nitrogens with zero attached hydrogens (tertiary/aromatic N) is 2. The Balaban J connectivity index is 1.55. The molecule has 7 nitrogen and oxygen atoms in total. The van der Waals surface area contributed by atoms with Crippen molar-refractivity contribution in [2.75, 3.05) is 51.3 Å². The van der Waals surface area contributed by atoms with Gasteiger partial charge in [0.2, 0.25) is 11.8 Å². The Morgan fingerprint density at radius 3 is 2.57 bits per heavy atom. The molecule has 1 aromatic carbocycles. The van der Waals surface area contributed by atoms with E-state index in [0.29, 0.717) is 32.7 Å². The second-order valence-electron chi connectivity index (χ2n) is 7.92. The van der Waals surface area contributed by atoms with Crippen molar-refractivity contribution in [3.63, 3.8) is 0 Å².